The van der Waals surface area contributed by atoms with Crippen LogP contribution in [0.5, 0.6) is 5.75 Å². The minimum absolute atomic E-state index is 0.0302. The molecule has 0 radical (unpaired) electrons. The van der Waals surface area contributed by atoms with Crippen LogP contribution in [0.1, 0.15) is 38.2 Å². The first-order valence-electron chi connectivity index (χ1n) is 8.74. The summed E-state index contributed by atoms with van der Waals surface area (Å²) in [6.07, 6.45) is 5.95. The molecular formula is C19H24N4O3. The van der Waals surface area contributed by atoms with Gasteiger partial charge < -0.3 is 15.4 Å². The number of para-hydroxylation sites is 2. The molecular weight excluding hydrogens is 332 g/mol. The van der Waals surface area contributed by atoms with Crippen LogP contribution in [0.2, 0.25) is 0 Å². The summed E-state index contributed by atoms with van der Waals surface area (Å²) in [5.41, 5.74) is 1.49. The minimum Gasteiger partial charge on any atom is -0.494 e. The Morgan fingerprint density at radius 2 is 2.23 bits per heavy atom. The predicted octanol–water partition coefficient (Wildman–Crippen LogP) is 1.95. The Balaban J connectivity index is 1.52. The van der Waals surface area contributed by atoms with E-state index >= 15 is 0 Å². The molecule has 1 aromatic heterocycles. The molecule has 0 aliphatic carbocycles. The number of ether oxygens (including phenoxy) is 1. The average Bonchev–Trinajstić information content (AvgIpc) is 3.25. The van der Waals surface area contributed by atoms with Crippen LogP contribution in [-0.4, -0.2) is 34.2 Å². The third-order valence-corrected chi connectivity index (χ3v) is 4.71. The van der Waals surface area contributed by atoms with E-state index in [4.69, 9.17) is 4.74 Å². The summed E-state index contributed by atoms with van der Waals surface area (Å²) in [5, 5.41) is 10.2. The molecule has 1 atom stereocenters. The van der Waals surface area contributed by atoms with Gasteiger partial charge in [0, 0.05) is 36.7 Å². The number of carbonyl (C=O) groups excluding carboxylic acids is 2. The summed E-state index contributed by atoms with van der Waals surface area (Å²) >= 11 is 0. The molecule has 1 unspecified atom stereocenters. The van der Waals surface area contributed by atoms with E-state index in [1.165, 1.54) is 0 Å². The predicted molar refractivity (Wildman–Crippen MR) is 97.0 cm³/mol. The molecule has 1 aliphatic heterocycles. The van der Waals surface area contributed by atoms with Crippen LogP contribution in [0.25, 0.3) is 5.69 Å². The molecule has 7 nitrogen and oxygen atoms in total. The third kappa shape index (κ3) is 4.22. The number of nitrogens with one attached hydrogen (secondary N) is 2. The van der Waals surface area contributed by atoms with Gasteiger partial charge in [-0.05, 0) is 31.9 Å². The molecule has 26 heavy (non-hydrogen) atoms. The number of amides is 2. The number of methoxy groups -OCH3 is 1. The lowest BCUT2D eigenvalue weighted by molar-refractivity contribution is -0.122. The lowest BCUT2D eigenvalue weighted by Crippen LogP contribution is -2.39. The maximum Gasteiger partial charge on any atom is 0.220 e. The Morgan fingerprint density at radius 1 is 1.42 bits per heavy atom. The standard InChI is InChI=1S/C19H24N4O3/c1-19(10-8-18(25)22-19)9-7-17(24)20-11-14-12-21-23(13-14)15-5-3-4-6-16(15)26-2/h3-6,12-13H,7-11H2,1-2H3,(H,20,24)(H,22,25). The Labute approximate surface area is 152 Å². The maximum absolute atomic E-state index is 12.1. The van der Waals surface area contributed by atoms with Crippen LogP contribution >= 0.6 is 0 Å². The van der Waals surface area contributed by atoms with E-state index in [0.29, 0.717) is 25.8 Å². The number of carbonyl (C=O) groups is 2. The van der Waals surface area contributed by atoms with E-state index in [1.807, 2.05) is 37.4 Å². The zero-order valence-corrected chi connectivity index (χ0v) is 15.1. The van der Waals surface area contributed by atoms with Crippen molar-refractivity contribution in [2.75, 3.05) is 7.11 Å². The zero-order valence-electron chi connectivity index (χ0n) is 15.1. The van der Waals surface area contributed by atoms with Crippen LogP contribution in [0.3, 0.4) is 0 Å². The van der Waals surface area contributed by atoms with Crippen LogP contribution in [0, 0.1) is 0 Å². The van der Waals surface area contributed by atoms with Crippen LogP contribution in [-0.2, 0) is 16.1 Å². The molecule has 0 bridgehead atoms. The fraction of sp³-hybridized carbons (Fsp3) is 0.421. The van der Waals surface area contributed by atoms with E-state index < -0.39 is 0 Å². The number of aromatic nitrogens is 2. The largest absolute Gasteiger partial charge is 0.494 e. The fourth-order valence-electron chi connectivity index (χ4n) is 3.12. The maximum atomic E-state index is 12.1. The summed E-state index contributed by atoms with van der Waals surface area (Å²) in [6, 6.07) is 7.62. The Morgan fingerprint density at radius 3 is 2.96 bits per heavy atom. The van der Waals surface area contributed by atoms with Crippen molar-refractivity contribution in [2.24, 2.45) is 0 Å². The van der Waals surface area contributed by atoms with E-state index in [-0.39, 0.29) is 17.4 Å². The zero-order chi connectivity index (χ0) is 18.6. The summed E-state index contributed by atoms with van der Waals surface area (Å²) < 4.78 is 7.08. The topological polar surface area (TPSA) is 85.2 Å². The van der Waals surface area contributed by atoms with Gasteiger partial charge in [0.15, 0.2) is 0 Å². The molecule has 138 valence electrons. The molecule has 0 saturated carbocycles. The van der Waals surface area contributed by atoms with E-state index in [1.54, 1.807) is 18.0 Å². The molecule has 1 aliphatic rings. The van der Waals surface area contributed by atoms with Gasteiger partial charge in [0.1, 0.15) is 11.4 Å². The number of hydrogen-bond donors (Lipinski definition) is 2. The van der Waals surface area contributed by atoms with Crippen molar-refractivity contribution in [1.82, 2.24) is 20.4 Å². The first-order chi connectivity index (χ1) is 12.5. The quantitative estimate of drug-likeness (QED) is 0.794. The highest BCUT2D eigenvalue weighted by Gasteiger charge is 2.32. The first kappa shape index (κ1) is 18.0. The van der Waals surface area contributed by atoms with Crippen molar-refractivity contribution >= 4 is 11.8 Å². The second kappa shape index (κ2) is 7.59. The fourth-order valence-corrected chi connectivity index (χ4v) is 3.12. The minimum atomic E-state index is -0.261. The van der Waals surface area contributed by atoms with Gasteiger partial charge in [0.05, 0.1) is 13.3 Å². The summed E-state index contributed by atoms with van der Waals surface area (Å²) in [7, 11) is 1.62. The third-order valence-electron chi connectivity index (χ3n) is 4.71. The van der Waals surface area contributed by atoms with Gasteiger partial charge in [-0.15, -0.1) is 0 Å². The number of rotatable bonds is 7. The normalized spacial score (nSPS) is 19.2. The summed E-state index contributed by atoms with van der Waals surface area (Å²) in [6.45, 7) is 2.40. The molecule has 1 fully saturated rings. The van der Waals surface area contributed by atoms with Gasteiger partial charge in [-0.25, -0.2) is 4.68 Å². The number of nitrogens with zero attached hydrogens (tertiary/aromatic N) is 2. The van der Waals surface area contributed by atoms with Crippen LogP contribution in [0.4, 0.5) is 0 Å². The van der Waals surface area contributed by atoms with E-state index in [2.05, 4.69) is 15.7 Å². The van der Waals surface area contributed by atoms with Crippen LogP contribution in [0.15, 0.2) is 36.7 Å². The van der Waals surface area contributed by atoms with Crippen molar-refractivity contribution < 1.29 is 14.3 Å². The average molecular weight is 356 g/mol. The van der Waals surface area contributed by atoms with Gasteiger partial charge in [-0.1, -0.05) is 12.1 Å². The summed E-state index contributed by atoms with van der Waals surface area (Å²) in [5.74, 6) is 0.770. The molecule has 3 rings (SSSR count). The summed E-state index contributed by atoms with van der Waals surface area (Å²) in [4.78, 5) is 23.5. The van der Waals surface area contributed by atoms with Crippen LogP contribution < -0.4 is 15.4 Å². The Kier molecular flexibility index (Phi) is 5.25. The van der Waals surface area contributed by atoms with Gasteiger partial charge in [0.2, 0.25) is 11.8 Å². The monoisotopic (exact) mass is 356 g/mol. The molecule has 2 heterocycles. The van der Waals surface area contributed by atoms with Crippen molar-refractivity contribution in [2.45, 2.75) is 44.7 Å². The molecule has 0 spiro atoms. The van der Waals surface area contributed by atoms with Gasteiger partial charge in [-0.2, -0.15) is 5.10 Å². The lowest BCUT2D eigenvalue weighted by Gasteiger charge is -2.23. The Hall–Kier alpha value is -2.83. The van der Waals surface area contributed by atoms with Crippen molar-refractivity contribution in [3.63, 3.8) is 0 Å². The SMILES string of the molecule is COc1ccccc1-n1cc(CNC(=O)CCC2(C)CCC(=O)N2)cn1. The van der Waals surface area contributed by atoms with E-state index in [0.717, 1.165) is 23.4 Å². The van der Waals surface area contributed by atoms with E-state index in [9.17, 15) is 9.59 Å². The second-order valence-corrected chi connectivity index (χ2v) is 6.85. The molecule has 2 amide bonds. The van der Waals surface area contributed by atoms with Gasteiger partial charge in [-0.3, -0.25) is 9.59 Å². The van der Waals surface area contributed by atoms with Crippen molar-refractivity contribution in [1.29, 1.82) is 0 Å². The molecule has 7 heteroatoms. The molecule has 2 N–H and O–H groups in total. The van der Waals surface area contributed by atoms with Crippen molar-refractivity contribution in [3.05, 3.63) is 42.2 Å². The Bertz CT molecular complexity index is 802. The highest BCUT2D eigenvalue weighted by molar-refractivity contribution is 5.80. The molecule has 1 aromatic carbocycles. The second-order valence-electron chi connectivity index (χ2n) is 6.85. The highest BCUT2D eigenvalue weighted by Crippen LogP contribution is 2.24. The highest BCUT2D eigenvalue weighted by atomic mass is 16.5. The number of hydrogen-bond acceptors (Lipinski definition) is 4. The van der Waals surface area contributed by atoms with Gasteiger partial charge in [0.25, 0.3) is 0 Å². The van der Waals surface area contributed by atoms with Gasteiger partial charge >= 0.3 is 0 Å². The van der Waals surface area contributed by atoms with Crippen molar-refractivity contribution in [3.8, 4) is 11.4 Å². The number of benzene rings is 1. The smallest absolute Gasteiger partial charge is 0.220 e. The molecule has 1 saturated heterocycles. The molecule has 2 aromatic rings. The first-order valence-corrected chi connectivity index (χ1v) is 8.74. The lowest BCUT2D eigenvalue weighted by atomic mass is 9.94.